The standard InChI is InChI=1S/C19H27N3O3/c23-19(16-4-5-17-18(14-16)25-15-24-17)22-12-10-21(11-13-22)9-3-8-20-6-1-2-7-20/h4-5,14H,1-3,6-13,15H2. The Morgan fingerprint density at radius 3 is 2.32 bits per heavy atom. The van der Waals surface area contributed by atoms with Gasteiger partial charge in [-0.1, -0.05) is 0 Å². The summed E-state index contributed by atoms with van der Waals surface area (Å²) < 4.78 is 10.7. The number of fused-ring (bicyclic) bond motifs is 1. The van der Waals surface area contributed by atoms with Gasteiger partial charge in [0.1, 0.15) is 0 Å². The maximum atomic E-state index is 12.7. The van der Waals surface area contributed by atoms with Crippen LogP contribution in [0.3, 0.4) is 0 Å². The zero-order chi connectivity index (χ0) is 17.1. The monoisotopic (exact) mass is 345 g/mol. The summed E-state index contributed by atoms with van der Waals surface area (Å²) in [6.45, 7) is 8.69. The molecule has 0 aliphatic carbocycles. The van der Waals surface area contributed by atoms with Crippen molar-refractivity contribution in [1.82, 2.24) is 14.7 Å². The number of ether oxygens (including phenoxy) is 2. The van der Waals surface area contributed by atoms with E-state index >= 15 is 0 Å². The highest BCUT2D eigenvalue weighted by molar-refractivity contribution is 5.95. The smallest absolute Gasteiger partial charge is 0.254 e. The van der Waals surface area contributed by atoms with Crippen molar-refractivity contribution < 1.29 is 14.3 Å². The van der Waals surface area contributed by atoms with Gasteiger partial charge in [0.25, 0.3) is 5.91 Å². The third-order valence-corrected chi connectivity index (χ3v) is 5.43. The average molecular weight is 345 g/mol. The van der Waals surface area contributed by atoms with Gasteiger partial charge in [0, 0.05) is 31.7 Å². The van der Waals surface area contributed by atoms with Crippen LogP contribution in [0.4, 0.5) is 0 Å². The lowest BCUT2D eigenvalue weighted by Gasteiger charge is -2.35. The summed E-state index contributed by atoms with van der Waals surface area (Å²) in [6, 6.07) is 5.45. The molecule has 0 saturated carbocycles. The van der Waals surface area contributed by atoms with Gasteiger partial charge in [0.05, 0.1) is 0 Å². The molecule has 0 N–H and O–H groups in total. The van der Waals surface area contributed by atoms with Gasteiger partial charge in [-0.05, 0) is 63.6 Å². The van der Waals surface area contributed by atoms with E-state index in [9.17, 15) is 4.79 Å². The first-order valence-corrected chi connectivity index (χ1v) is 9.43. The predicted octanol–water partition coefficient (Wildman–Crippen LogP) is 1.66. The molecular formula is C19H27N3O3. The van der Waals surface area contributed by atoms with Crippen LogP contribution in [0.2, 0.25) is 0 Å². The Kier molecular flexibility index (Phi) is 5.08. The van der Waals surface area contributed by atoms with Crippen molar-refractivity contribution in [3.63, 3.8) is 0 Å². The Bertz CT molecular complexity index is 608. The minimum atomic E-state index is 0.0926. The fourth-order valence-corrected chi connectivity index (χ4v) is 3.91. The number of nitrogens with zero attached hydrogens (tertiary/aromatic N) is 3. The van der Waals surface area contributed by atoms with E-state index in [4.69, 9.17) is 9.47 Å². The average Bonchev–Trinajstić information content (AvgIpc) is 3.32. The molecule has 0 aromatic heterocycles. The van der Waals surface area contributed by atoms with Crippen molar-refractivity contribution >= 4 is 5.91 Å². The lowest BCUT2D eigenvalue weighted by molar-refractivity contribution is 0.0632. The van der Waals surface area contributed by atoms with Crippen LogP contribution in [0.25, 0.3) is 0 Å². The Balaban J connectivity index is 1.23. The number of rotatable bonds is 5. The van der Waals surface area contributed by atoms with Gasteiger partial charge in [0.15, 0.2) is 11.5 Å². The summed E-state index contributed by atoms with van der Waals surface area (Å²) in [5.41, 5.74) is 0.687. The fourth-order valence-electron chi connectivity index (χ4n) is 3.91. The molecule has 0 radical (unpaired) electrons. The van der Waals surface area contributed by atoms with Crippen LogP contribution in [-0.4, -0.2) is 79.8 Å². The quantitative estimate of drug-likeness (QED) is 0.812. The van der Waals surface area contributed by atoms with Crippen molar-refractivity contribution in [3.8, 4) is 11.5 Å². The van der Waals surface area contributed by atoms with Crippen molar-refractivity contribution in [2.45, 2.75) is 19.3 Å². The topological polar surface area (TPSA) is 45.3 Å². The summed E-state index contributed by atoms with van der Waals surface area (Å²) in [6.07, 6.45) is 3.96. The molecule has 3 aliphatic rings. The van der Waals surface area contributed by atoms with Crippen molar-refractivity contribution in [2.24, 2.45) is 0 Å². The van der Waals surface area contributed by atoms with Gasteiger partial charge in [-0.3, -0.25) is 9.69 Å². The number of likely N-dealkylation sites (tertiary alicyclic amines) is 1. The first-order valence-electron chi connectivity index (χ1n) is 9.43. The van der Waals surface area contributed by atoms with Gasteiger partial charge in [-0.15, -0.1) is 0 Å². The second-order valence-electron chi connectivity index (χ2n) is 7.10. The molecule has 3 heterocycles. The summed E-state index contributed by atoms with van der Waals surface area (Å²) in [7, 11) is 0. The Labute approximate surface area is 149 Å². The molecule has 0 atom stereocenters. The van der Waals surface area contributed by atoms with Crippen molar-refractivity contribution in [2.75, 3.05) is 59.2 Å². The molecule has 0 bridgehead atoms. The van der Waals surface area contributed by atoms with Crippen LogP contribution in [-0.2, 0) is 0 Å². The molecule has 136 valence electrons. The molecular weight excluding hydrogens is 318 g/mol. The maximum absolute atomic E-state index is 12.7. The van der Waals surface area contributed by atoms with Gasteiger partial charge in [-0.25, -0.2) is 0 Å². The number of carbonyl (C=O) groups excluding carboxylic acids is 1. The first-order chi connectivity index (χ1) is 12.3. The van der Waals surface area contributed by atoms with Crippen LogP contribution in [0.1, 0.15) is 29.6 Å². The minimum Gasteiger partial charge on any atom is -0.454 e. The van der Waals surface area contributed by atoms with E-state index in [1.807, 2.05) is 17.0 Å². The highest BCUT2D eigenvalue weighted by Crippen LogP contribution is 2.32. The summed E-state index contributed by atoms with van der Waals surface area (Å²) >= 11 is 0. The number of amides is 1. The van der Waals surface area contributed by atoms with E-state index in [1.54, 1.807) is 6.07 Å². The number of carbonyl (C=O) groups is 1. The Hall–Kier alpha value is -1.79. The third kappa shape index (κ3) is 3.90. The van der Waals surface area contributed by atoms with Gasteiger partial charge in [0.2, 0.25) is 6.79 Å². The number of benzene rings is 1. The van der Waals surface area contributed by atoms with Crippen LogP contribution < -0.4 is 9.47 Å². The maximum Gasteiger partial charge on any atom is 0.254 e. The first kappa shape index (κ1) is 16.7. The number of hydrogen-bond donors (Lipinski definition) is 0. The summed E-state index contributed by atoms with van der Waals surface area (Å²) in [4.78, 5) is 19.7. The van der Waals surface area contributed by atoms with E-state index in [2.05, 4.69) is 9.80 Å². The SMILES string of the molecule is O=C(c1ccc2c(c1)OCO2)N1CCN(CCCN2CCCC2)CC1. The number of piperazine rings is 1. The predicted molar refractivity (Wildman–Crippen MR) is 95.2 cm³/mol. The molecule has 6 heteroatoms. The second kappa shape index (κ2) is 7.62. The highest BCUT2D eigenvalue weighted by atomic mass is 16.7. The zero-order valence-electron chi connectivity index (χ0n) is 14.8. The lowest BCUT2D eigenvalue weighted by Crippen LogP contribution is -2.49. The van der Waals surface area contributed by atoms with E-state index in [-0.39, 0.29) is 12.7 Å². The third-order valence-electron chi connectivity index (χ3n) is 5.43. The molecule has 0 unspecified atom stereocenters. The van der Waals surface area contributed by atoms with Crippen molar-refractivity contribution in [1.29, 1.82) is 0 Å². The largest absolute Gasteiger partial charge is 0.454 e. The molecule has 25 heavy (non-hydrogen) atoms. The van der Waals surface area contributed by atoms with Crippen LogP contribution in [0, 0.1) is 0 Å². The number of hydrogen-bond acceptors (Lipinski definition) is 5. The normalized spacial score (nSPS) is 21.0. The molecule has 1 aromatic rings. The second-order valence-corrected chi connectivity index (χ2v) is 7.10. The molecule has 0 spiro atoms. The molecule has 1 amide bonds. The minimum absolute atomic E-state index is 0.0926. The molecule has 3 aliphatic heterocycles. The molecule has 1 aromatic carbocycles. The van der Waals surface area contributed by atoms with Crippen LogP contribution in [0.15, 0.2) is 18.2 Å². The molecule has 4 rings (SSSR count). The van der Waals surface area contributed by atoms with Gasteiger partial charge >= 0.3 is 0 Å². The van der Waals surface area contributed by atoms with Crippen LogP contribution in [0.5, 0.6) is 11.5 Å². The summed E-state index contributed by atoms with van der Waals surface area (Å²) in [5, 5.41) is 0. The lowest BCUT2D eigenvalue weighted by atomic mass is 10.1. The highest BCUT2D eigenvalue weighted by Gasteiger charge is 2.24. The van der Waals surface area contributed by atoms with E-state index < -0.39 is 0 Å². The van der Waals surface area contributed by atoms with E-state index in [0.717, 1.165) is 38.5 Å². The van der Waals surface area contributed by atoms with Crippen molar-refractivity contribution in [3.05, 3.63) is 23.8 Å². The van der Waals surface area contributed by atoms with Crippen LogP contribution >= 0.6 is 0 Å². The fraction of sp³-hybridized carbons (Fsp3) is 0.632. The Morgan fingerprint density at radius 2 is 1.56 bits per heavy atom. The van der Waals surface area contributed by atoms with Gasteiger partial charge in [-0.2, -0.15) is 0 Å². The van der Waals surface area contributed by atoms with Gasteiger partial charge < -0.3 is 19.3 Å². The van der Waals surface area contributed by atoms with E-state index in [0.29, 0.717) is 11.3 Å². The molecule has 2 fully saturated rings. The zero-order valence-corrected chi connectivity index (χ0v) is 14.8. The Morgan fingerprint density at radius 1 is 0.880 bits per heavy atom. The molecule has 6 nitrogen and oxygen atoms in total. The molecule has 2 saturated heterocycles. The van der Waals surface area contributed by atoms with E-state index in [1.165, 1.54) is 38.9 Å². The summed E-state index contributed by atoms with van der Waals surface area (Å²) in [5.74, 6) is 1.49.